The third-order valence-corrected chi connectivity index (χ3v) is 17.5. The molecule has 0 aliphatic rings. The Morgan fingerprint density at radius 1 is 0.366 bits per heavy atom. The molecule has 0 aromatic heterocycles. The number of benzene rings is 4. The summed E-state index contributed by atoms with van der Waals surface area (Å²) < 4.78 is 28.4. The summed E-state index contributed by atoms with van der Waals surface area (Å²) in [6.45, 7) is 0. The first kappa shape index (κ1) is 31.8. The first-order valence-corrected chi connectivity index (χ1v) is 21.8. The Morgan fingerprint density at radius 2 is 0.610 bits per heavy atom. The van der Waals surface area contributed by atoms with Crippen molar-refractivity contribution in [3.05, 3.63) is 144 Å². The molecule has 0 aliphatic carbocycles. The van der Waals surface area contributed by atoms with Gasteiger partial charge in [0.2, 0.25) is 0 Å². The summed E-state index contributed by atoms with van der Waals surface area (Å²) in [5.74, 6) is 0. The van der Waals surface area contributed by atoms with Gasteiger partial charge in [-0.3, -0.25) is 0 Å². The van der Waals surface area contributed by atoms with Gasteiger partial charge in [-0.25, -0.2) is 0 Å². The Kier molecular flexibility index (Phi) is 13.3. The van der Waals surface area contributed by atoms with Gasteiger partial charge in [-0.15, -0.1) is 0 Å². The van der Waals surface area contributed by atoms with Crippen molar-refractivity contribution in [1.29, 1.82) is 0 Å². The molecule has 0 amide bonds. The second-order valence-electron chi connectivity index (χ2n) is 11.0. The quantitative estimate of drug-likeness (QED) is 0.0612. The van der Waals surface area contributed by atoms with Crippen LogP contribution in [-0.4, -0.2) is 51.9 Å². The van der Waals surface area contributed by atoms with Crippen LogP contribution in [0, 0.1) is 0 Å². The Morgan fingerprint density at radius 3 is 0.854 bits per heavy atom. The predicted molar refractivity (Wildman–Crippen MR) is 180 cm³/mol. The van der Waals surface area contributed by atoms with Crippen molar-refractivity contribution in [3.63, 3.8) is 0 Å². The zero-order chi connectivity index (χ0) is 28.6. The van der Waals surface area contributed by atoms with Crippen molar-refractivity contribution in [2.75, 3.05) is 37.0 Å². The van der Waals surface area contributed by atoms with E-state index in [1.165, 1.54) is 22.3 Å². The Hall–Kier alpha value is -2.14. The molecule has 2 nitrogen and oxygen atoms in total. The molecule has 0 unspecified atom stereocenters. The molecule has 0 spiro atoms. The van der Waals surface area contributed by atoms with Gasteiger partial charge in [0, 0.05) is 0 Å². The number of hydrogen-bond donors (Lipinski definition) is 0. The van der Waals surface area contributed by atoms with Crippen molar-refractivity contribution in [2.24, 2.45) is 0 Å². The summed E-state index contributed by atoms with van der Waals surface area (Å²) in [5.41, 5.74) is 5.10. The van der Waals surface area contributed by atoms with E-state index in [-0.39, 0.29) is 0 Å². The van der Waals surface area contributed by atoms with Crippen molar-refractivity contribution < 1.29 is 9.13 Å². The van der Waals surface area contributed by atoms with Gasteiger partial charge in [0.1, 0.15) is 0 Å². The minimum atomic E-state index is -2.29. The van der Waals surface area contributed by atoms with Gasteiger partial charge in [0.25, 0.3) is 0 Å². The van der Waals surface area contributed by atoms with Gasteiger partial charge < -0.3 is 0 Å². The molecule has 0 fully saturated rings. The monoisotopic (exact) mass is 650 g/mol. The fourth-order valence-electron chi connectivity index (χ4n) is 5.14. The molecular formula is C36H44O2P2Se. The van der Waals surface area contributed by atoms with Gasteiger partial charge in [0.15, 0.2) is 0 Å². The molecule has 4 aromatic rings. The fraction of sp³-hybridized carbons (Fsp3) is 0.333. The van der Waals surface area contributed by atoms with Gasteiger partial charge in [-0.05, 0) is 0 Å². The zero-order valence-corrected chi connectivity index (χ0v) is 27.7. The predicted octanol–water partition coefficient (Wildman–Crippen LogP) is 9.22. The molecule has 0 heterocycles. The Labute approximate surface area is 254 Å². The van der Waals surface area contributed by atoms with E-state index in [0.717, 1.165) is 73.3 Å². The third-order valence-electron chi connectivity index (χ3n) is 7.89. The van der Waals surface area contributed by atoms with Crippen LogP contribution in [0.3, 0.4) is 0 Å². The molecule has 0 N–H and O–H groups in total. The summed E-state index contributed by atoms with van der Waals surface area (Å²) >= 11 is 0.365. The van der Waals surface area contributed by atoms with Crippen LogP contribution in [-0.2, 0) is 34.8 Å². The van der Waals surface area contributed by atoms with E-state index in [4.69, 9.17) is 0 Å². The van der Waals surface area contributed by atoms with Gasteiger partial charge >= 0.3 is 255 Å². The van der Waals surface area contributed by atoms with E-state index in [2.05, 4.69) is 97.1 Å². The third kappa shape index (κ3) is 11.9. The summed E-state index contributed by atoms with van der Waals surface area (Å²) in [5, 5.41) is 2.04. The minimum absolute atomic E-state index is 0.365. The molecule has 0 saturated heterocycles. The summed E-state index contributed by atoms with van der Waals surface area (Å²) in [6, 6.07) is 41.9. The number of hydrogen-bond acceptors (Lipinski definition) is 2. The van der Waals surface area contributed by atoms with Crippen molar-refractivity contribution in [2.45, 2.75) is 36.3 Å². The molecule has 216 valence electrons. The maximum absolute atomic E-state index is 14.2. The molecule has 0 radical (unpaired) electrons. The molecule has 0 saturated carbocycles. The van der Waals surface area contributed by atoms with Crippen LogP contribution < -0.4 is 0 Å². The average molecular weight is 650 g/mol. The van der Waals surface area contributed by atoms with Crippen LogP contribution in [0.25, 0.3) is 0 Å². The standard InChI is InChI=1S/C36H44O2P2Se/c37-39(25-21-33-13-5-1-6-14-33,26-22-34-15-7-2-8-16-34)29-31-41-32-30-40(38,27-23-35-17-9-3-10-18-35)28-24-36-19-11-4-12-20-36/h1-20H,21-32H2. The van der Waals surface area contributed by atoms with Gasteiger partial charge in [-0.1, -0.05) is 0 Å². The van der Waals surface area contributed by atoms with E-state index in [1.54, 1.807) is 0 Å². The van der Waals surface area contributed by atoms with Gasteiger partial charge in [-0.2, -0.15) is 0 Å². The van der Waals surface area contributed by atoms with Crippen molar-refractivity contribution in [1.82, 2.24) is 0 Å². The van der Waals surface area contributed by atoms with Crippen LogP contribution in [0.2, 0.25) is 10.6 Å². The van der Waals surface area contributed by atoms with Crippen molar-refractivity contribution >= 4 is 29.2 Å². The summed E-state index contributed by atoms with van der Waals surface area (Å²) in [6.07, 6.45) is 8.32. The first-order valence-electron chi connectivity index (χ1n) is 14.9. The molecule has 4 rings (SSSR count). The summed E-state index contributed by atoms with van der Waals surface area (Å²) in [4.78, 5) is 0. The SMILES string of the molecule is O=P(CC[Se]CCP(=O)(CCc1ccccc1)CCc1ccccc1)(CCc1ccccc1)CCc1ccccc1. The Bertz CT molecular complexity index is 1160. The van der Waals surface area contributed by atoms with E-state index in [1.807, 2.05) is 24.3 Å². The average Bonchev–Trinajstić information content (AvgIpc) is 3.03. The van der Waals surface area contributed by atoms with Crippen LogP contribution in [0.4, 0.5) is 0 Å². The normalized spacial score (nSPS) is 11.9. The zero-order valence-electron chi connectivity index (χ0n) is 24.2. The molecular weight excluding hydrogens is 605 g/mol. The Balaban J connectivity index is 1.31. The molecule has 41 heavy (non-hydrogen) atoms. The number of aryl methyl sites for hydroxylation is 4. The second-order valence-corrected chi connectivity index (χ2v) is 20.5. The molecule has 0 atom stereocenters. The molecule has 4 aromatic carbocycles. The van der Waals surface area contributed by atoms with Crippen LogP contribution in [0.1, 0.15) is 22.3 Å². The summed E-state index contributed by atoms with van der Waals surface area (Å²) in [7, 11) is -4.58. The van der Waals surface area contributed by atoms with Crippen LogP contribution >= 0.6 is 14.3 Å². The van der Waals surface area contributed by atoms with E-state index in [9.17, 15) is 9.13 Å². The number of rotatable bonds is 18. The first-order chi connectivity index (χ1) is 20.0. The maximum atomic E-state index is 14.2. The van der Waals surface area contributed by atoms with Gasteiger partial charge in [0.05, 0.1) is 0 Å². The van der Waals surface area contributed by atoms with Crippen molar-refractivity contribution in [3.8, 4) is 0 Å². The topological polar surface area (TPSA) is 34.1 Å². The molecule has 5 heteroatoms. The molecule has 0 aliphatic heterocycles. The van der Waals surface area contributed by atoms with E-state index in [0.29, 0.717) is 15.0 Å². The van der Waals surface area contributed by atoms with Crippen LogP contribution in [0.5, 0.6) is 0 Å². The fourth-order valence-corrected chi connectivity index (χ4v) is 16.3. The second kappa shape index (κ2) is 17.1. The van der Waals surface area contributed by atoms with E-state index < -0.39 is 14.3 Å². The van der Waals surface area contributed by atoms with Crippen LogP contribution in [0.15, 0.2) is 121 Å². The molecule has 0 bridgehead atoms. The van der Waals surface area contributed by atoms with E-state index >= 15 is 0 Å².